The molecule has 0 amide bonds. The van der Waals surface area contributed by atoms with Crippen molar-refractivity contribution in [1.82, 2.24) is 0 Å². The number of carbonyl (C=O) groups excluding carboxylic acids is 1. The highest BCUT2D eigenvalue weighted by Crippen LogP contribution is 2.15. The normalized spacial score (nSPS) is 10.9. The standard InChI is InChI=1S/C21H42O4.C3H8O3.BH3O3/c1-2-3-4-5-6-7-8-9-10-11-12-13-14-15-16-17-20(24)21(25,18-22)19-23;4-1-3(6)2-5;2-1(3)4/h22-23,25H,2-19H2,1H3;3-6H,1-2H2;2-4H. The van der Waals surface area contributed by atoms with E-state index in [2.05, 4.69) is 6.92 Å². The van der Waals surface area contributed by atoms with Crippen LogP contribution in [0.1, 0.15) is 110 Å². The summed E-state index contributed by atoms with van der Waals surface area (Å²) in [4.78, 5) is 11.7. The number of aliphatic hydroxyl groups is 6. The molecule has 0 aliphatic heterocycles. The molecule has 35 heavy (non-hydrogen) atoms. The molecule has 0 fully saturated rings. The third-order valence-electron chi connectivity index (χ3n) is 5.47. The molecule has 0 unspecified atom stereocenters. The Labute approximate surface area is 211 Å². The number of hydrogen-bond donors (Lipinski definition) is 9. The van der Waals surface area contributed by atoms with Gasteiger partial charge < -0.3 is 45.7 Å². The number of aliphatic hydroxyl groups excluding tert-OH is 5. The SMILES string of the molecule is CCCCCCCCCCCCCCCCCC(=O)C(O)(CO)CO.OB(O)O.OCC(O)CO. The summed E-state index contributed by atoms with van der Waals surface area (Å²) in [5, 5.41) is 73.1. The first-order chi connectivity index (χ1) is 16.6. The van der Waals surface area contributed by atoms with Crippen LogP contribution < -0.4 is 0 Å². The summed E-state index contributed by atoms with van der Waals surface area (Å²) in [6.07, 6.45) is 18.3. The van der Waals surface area contributed by atoms with Gasteiger partial charge in [-0.2, -0.15) is 0 Å². The first kappa shape index (κ1) is 38.9. The van der Waals surface area contributed by atoms with Crippen molar-refractivity contribution in [3.8, 4) is 0 Å². The summed E-state index contributed by atoms with van der Waals surface area (Å²) in [6, 6.07) is 0. The van der Waals surface area contributed by atoms with Gasteiger partial charge in [0.25, 0.3) is 0 Å². The fraction of sp³-hybridized carbons (Fsp3) is 0.958. The second-order valence-corrected chi connectivity index (χ2v) is 8.84. The fourth-order valence-corrected chi connectivity index (χ4v) is 3.17. The smallest absolute Gasteiger partial charge is 0.402 e. The van der Waals surface area contributed by atoms with Crippen LogP contribution in [0.4, 0.5) is 0 Å². The van der Waals surface area contributed by atoms with Crippen LogP contribution in [0.25, 0.3) is 0 Å². The van der Waals surface area contributed by atoms with Crippen LogP contribution >= 0.6 is 0 Å². The Balaban J connectivity index is -0.000000854. The van der Waals surface area contributed by atoms with Gasteiger partial charge in [-0.25, -0.2) is 0 Å². The van der Waals surface area contributed by atoms with Crippen molar-refractivity contribution in [3.63, 3.8) is 0 Å². The molecule has 0 bridgehead atoms. The van der Waals surface area contributed by atoms with Gasteiger partial charge in [0.2, 0.25) is 0 Å². The molecule has 0 atom stereocenters. The van der Waals surface area contributed by atoms with Gasteiger partial charge in [0.15, 0.2) is 11.4 Å². The highest BCUT2D eigenvalue weighted by molar-refractivity contribution is 6.30. The molecule has 0 aliphatic carbocycles. The molecule has 11 heteroatoms. The van der Waals surface area contributed by atoms with Crippen LogP contribution in [-0.4, -0.2) is 96.9 Å². The topological polar surface area (TPSA) is 199 Å². The number of unbranched alkanes of at least 4 members (excludes halogenated alkanes) is 14. The van der Waals surface area contributed by atoms with Gasteiger partial charge in [-0.05, 0) is 6.42 Å². The molecule has 9 N–H and O–H groups in total. The highest BCUT2D eigenvalue weighted by Gasteiger charge is 2.33. The van der Waals surface area contributed by atoms with Crippen LogP contribution in [0.5, 0.6) is 0 Å². The lowest BCUT2D eigenvalue weighted by Gasteiger charge is -2.21. The zero-order valence-electron chi connectivity index (χ0n) is 21.7. The van der Waals surface area contributed by atoms with E-state index in [4.69, 9.17) is 40.6 Å². The third-order valence-corrected chi connectivity index (χ3v) is 5.47. The maximum atomic E-state index is 11.7. The van der Waals surface area contributed by atoms with Crippen LogP contribution in [0.3, 0.4) is 0 Å². The van der Waals surface area contributed by atoms with E-state index < -0.39 is 38.0 Å². The Morgan fingerprint density at radius 1 is 0.657 bits per heavy atom. The van der Waals surface area contributed by atoms with Crippen molar-refractivity contribution < 1.29 is 50.5 Å². The van der Waals surface area contributed by atoms with Crippen molar-refractivity contribution in [1.29, 1.82) is 0 Å². The Kier molecular flexibility index (Phi) is 32.9. The van der Waals surface area contributed by atoms with Crippen LogP contribution in [0.15, 0.2) is 0 Å². The summed E-state index contributed by atoms with van der Waals surface area (Å²) < 4.78 is 0. The molecule has 0 spiro atoms. The van der Waals surface area contributed by atoms with E-state index in [-0.39, 0.29) is 19.6 Å². The van der Waals surface area contributed by atoms with E-state index >= 15 is 0 Å². The van der Waals surface area contributed by atoms with E-state index in [0.717, 1.165) is 19.3 Å². The maximum absolute atomic E-state index is 11.7. The van der Waals surface area contributed by atoms with Crippen molar-refractivity contribution in [2.24, 2.45) is 0 Å². The third kappa shape index (κ3) is 31.3. The number of rotatable bonds is 21. The van der Waals surface area contributed by atoms with Gasteiger partial charge in [0, 0.05) is 6.42 Å². The second-order valence-electron chi connectivity index (χ2n) is 8.84. The molecule has 0 aromatic rings. The molecule has 0 aromatic heterocycles. The number of ketones is 1. The highest BCUT2D eigenvalue weighted by atomic mass is 16.5. The Bertz CT molecular complexity index is 416. The minimum atomic E-state index is -2.17. The van der Waals surface area contributed by atoms with E-state index in [1.165, 1.54) is 77.0 Å². The molecule has 212 valence electrons. The number of carbonyl (C=O) groups is 1. The minimum Gasteiger partial charge on any atom is -0.402 e. The molecule has 0 heterocycles. The van der Waals surface area contributed by atoms with Gasteiger partial charge >= 0.3 is 7.32 Å². The van der Waals surface area contributed by atoms with E-state index in [1.54, 1.807) is 0 Å². The largest absolute Gasteiger partial charge is 0.631 e. The molecule has 0 saturated heterocycles. The van der Waals surface area contributed by atoms with Gasteiger partial charge in [-0.1, -0.05) is 96.8 Å². The first-order valence-corrected chi connectivity index (χ1v) is 13.1. The lowest BCUT2D eigenvalue weighted by Crippen LogP contribution is -2.45. The average Bonchev–Trinajstić information content (AvgIpc) is 2.85. The molecule has 0 radical (unpaired) electrons. The summed E-state index contributed by atoms with van der Waals surface area (Å²) in [6.45, 7) is 0.114. The quantitative estimate of drug-likeness (QED) is 0.0783. The zero-order chi connectivity index (χ0) is 27.4. The molecule has 10 nitrogen and oxygen atoms in total. The molecule has 0 saturated carbocycles. The fourth-order valence-electron chi connectivity index (χ4n) is 3.17. The number of hydrogen-bond acceptors (Lipinski definition) is 10. The monoisotopic (exact) mass is 512 g/mol. The Morgan fingerprint density at radius 3 is 1.17 bits per heavy atom. The zero-order valence-corrected chi connectivity index (χ0v) is 21.7. The Morgan fingerprint density at radius 2 is 0.943 bits per heavy atom. The van der Waals surface area contributed by atoms with Gasteiger partial charge in [-0.15, -0.1) is 0 Å². The lowest BCUT2D eigenvalue weighted by molar-refractivity contribution is -0.146. The molecular weight excluding hydrogens is 459 g/mol. The molecule has 0 rings (SSSR count). The average molecular weight is 512 g/mol. The predicted molar refractivity (Wildman–Crippen MR) is 136 cm³/mol. The summed E-state index contributed by atoms with van der Waals surface area (Å²) >= 11 is 0. The van der Waals surface area contributed by atoms with Crippen LogP contribution in [0.2, 0.25) is 0 Å². The summed E-state index contributed by atoms with van der Waals surface area (Å²) in [5.41, 5.74) is -1.95. The van der Waals surface area contributed by atoms with Crippen LogP contribution in [-0.2, 0) is 4.79 Å². The van der Waals surface area contributed by atoms with Crippen LogP contribution in [0, 0.1) is 0 Å². The number of Topliss-reactive ketones (excluding diaryl/α,β-unsaturated/α-hetero) is 1. The first-order valence-electron chi connectivity index (χ1n) is 13.1. The lowest BCUT2D eigenvalue weighted by atomic mass is 9.95. The van der Waals surface area contributed by atoms with Crippen molar-refractivity contribution in [2.45, 2.75) is 121 Å². The van der Waals surface area contributed by atoms with Crippen molar-refractivity contribution >= 4 is 13.1 Å². The Hall–Kier alpha value is -0.625. The van der Waals surface area contributed by atoms with Crippen molar-refractivity contribution in [2.75, 3.05) is 26.4 Å². The molecule has 0 aromatic carbocycles. The van der Waals surface area contributed by atoms with E-state index in [9.17, 15) is 9.90 Å². The molecular formula is C24H53BO10. The maximum Gasteiger partial charge on any atom is 0.631 e. The van der Waals surface area contributed by atoms with Gasteiger partial charge in [-0.3, -0.25) is 4.79 Å². The predicted octanol–water partition coefficient (Wildman–Crippen LogP) is 0.813. The van der Waals surface area contributed by atoms with Gasteiger partial charge in [0.1, 0.15) is 6.10 Å². The summed E-state index contributed by atoms with van der Waals surface area (Å²) in [5.74, 6) is -0.452. The summed E-state index contributed by atoms with van der Waals surface area (Å²) in [7, 11) is -2.17. The minimum absolute atomic E-state index is 0.232. The molecule has 0 aliphatic rings. The van der Waals surface area contributed by atoms with E-state index in [0.29, 0.717) is 0 Å². The van der Waals surface area contributed by atoms with Crippen molar-refractivity contribution in [3.05, 3.63) is 0 Å². The van der Waals surface area contributed by atoms with E-state index in [1.807, 2.05) is 0 Å². The van der Waals surface area contributed by atoms with Gasteiger partial charge in [0.05, 0.1) is 26.4 Å². The second kappa shape index (κ2) is 29.6.